The van der Waals surface area contributed by atoms with Crippen LogP contribution in [0.25, 0.3) is 0 Å². The standard InChI is InChI=1S/C15H28N2O3/c18-15(11-13-4-7-16-8-5-13)17-6-2-9-19-12-14-3-1-10-20-14/h13-14,16H,1-12H2,(H,17,18). The molecule has 2 fully saturated rings. The van der Waals surface area contributed by atoms with Gasteiger partial charge >= 0.3 is 0 Å². The van der Waals surface area contributed by atoms with Crippen LogP contribution < -0.4 is 10.6 Å². The van der Waals surface area contributed by atoms with Crippen molar-refractivity contribution in [2.24, 2.45) is 5.92 Å². The maximum atomic E-state index is 11.8. The Kier molecular flexibility index (Phi) is 7.33. The molecular weight excluding hydrogens is 256 g/mol. The number of nitrogens with one attached hydrogen (secondary N) is 2. The molecule has 1 unspecified atom stereocenters. The number of hydrogen-bond acceptors (Lipinski definition) is 4. The first kappa shape index (κ1) is 15.7. The summed E-state index contributed by atoms with van der Waals surface area (Å²) in [6.45, 7) is 5.09. The van der Waals surface area contributed by atoms with Gasteiger partial charge in [-0.25, -0.2) is 0 Å². The predicted molar refractivity (Wildman–Crippen MR) is 77.6 cm³/mol. The summed E-state index contributed by atoms with van der Waals surface area (Å²) in [6.07, 6.45) is 6.37. The Morgan fingerprint density at radius 1 is 1.30 bits per heavy atom. The quantitative estimate of drug-likeness (QED) is 0.655. The summed E-state index contributed by atoms with van der Waals surface area (Å²) in [5.74, 6) is 0.753. The molecule has 0 saturated carbocycles. The molecule has 5 nitrogen and oxygen atoms in total. The lowest BCUT2D eigenvalue weighted by molar-refractivity contribution is -0.122. The fourth-order valence-electron chi connectivity index (χ4n) is 2.81. The zero-order valence-electron chi connectivity index (χ0n) is 12.4. The molecular formula is C15H28N2O3. The Bertz CT molecular complexity index is 274. The lowest BCUT2D eigenvalue weighted by Gasteiger charge is -2.21. The Morgan fingerprint density at radius 2 is 2.15 bits per heavy atom. The first-order chi connectivity index (χ1) is 9.84. The van der Waals surface area contributed by atoms with Crippen molar-refractivity contribution in [2.75, 3.05) is 39.5 Å². The molecule has 20 heavy (non-hydrogen) atoms. The molecule has 2 heterocycles. The molecule has 2 N–H and O–H groups in total. The summed E-state index contributed by atoms with van der Waals surface area (Å²) in [6, 6.07) is 0. The normalized spacial score (nSPS) is 23.9. The molecule has 0 aromatic heterocycles. The Labute approximate surface area is 121 Å². The van der Waals surface area contributed by atoms with Gasteiger partial charge in [-0.3, -0.25) is 4.79 Å². The van der Waals surface area contributed by atoms with Crippen LogP contribution >= 0.6 is 0 Å². The van der Waals surface area contributed by atoms with Crippen LogP contribution in [0.5, 0.6) is 0 Å². The van der Waals surface area contributed by atoms with Gasteiger partial charge in [-0.2, -0.15) is 0 Å². The van der Waals surface area contributed by atoms with Gasteiger partial charge in [0.25, 0.3) is 0 Å². The maximum absolute atomic E-state index is 11.8. The van der Waals surface area contributed by atoms with Crippen molar-refractivity contribution in [1.82, 2.24) is 10.6 Å². The molecule has 0 spiro atoms. The average molecular weight is 284 g/mol. The Morgan fingerprint density at radius 3 is 2.90 bits per heavy atom. The summed E-state index contributed by atoms with van der Waals surface area (Å²) in [7, 11) is 0. The SMILES string of the molecule is O=C(CC1CCNCC1)NCCCOCC1CCCO1. The van der Waals surface area contributed by atoms with Crippen molar-refractivity contribution < 1.29 is 14.3 Å². The zero-order chi connectivity index (χ0) is 14.0. The van der Waals surface area contributed by atoms with Crippen molar-refractivity contribution >= 4 is 5.91 Å². The molecule has 1 amide bonds. The minimum Gasteiger partial charge on any atom is -0.379 e. The van der Waals surface area contributed by atoms with Crippen LogP contribution in [0, 0.1) is 5.92 Å². The second-order valence-corrected chi connectivity index (χ2v) is 5.81. The van der Waals surface area contributed by atoms with Crippen LogP contribution in [0.2, 0.25) is 0 Å². The van der Waals surface area contributed by atoms with E-state index >= 15 is 0 Å². The van der Waals surface area contributed by atoms with Crippen LogP contribution in [0.4, 0.5) is 0 Å². The van der Waals surface area contributed by atoms with Gasteiger partial charge in [0, 0.05) is 26.2 Å². The largest absolute Gasteiger partial charge is 0.379 e. The van der Waals surface area contributed by atoms with Crippen molar-refractivity contribution in [2.45, 2.75) is 44.6 Å². The highest BCUT2D eigenvalue weighted by Crippen LogP contribution is 2.15. The third-order valence-electron chi connectivity index (χ3n) is 4.05. The first-order valence-electron chi connectivity index (χ1n) is 8.01. The maximum Gasteiger partial charge on any atom is 0.220 e. The van der Waals surface area contributed by atoms with Crippen LogP contribution in [0.3, 0.4) is 0 Å². The number of ether oxygens (including phenoxy) is 2. The predicted octanol–water partition coefficient (Wildman–Crippen LogP) is 1.08. The van der Waals surface area contributed by atoms with E-state index in [0.29, 0.717) is 31.7 Å². The van der Waals surface area contributed by atoms with Gasteiger partial charge < -0.3 is 20.1 Å². The summed E-state index contributed by atoms with van der Waals surface area (Å²) in [5, 5.41) is 6.31. The van der Waals surface area contributed by atoms with Crippen molar-refractivity contribution in [3.05, 3.63) is 0 Å². The molecule has 0 aromatic rings. The summed E-state index contributed by atoms with van der Waals surface area (Å²) >= 11 is 0. The number of amides is 1. The van der Waals surface area contributed by atoms with E-state index in [-0.39, 0.29) is 5.91 Å². The average Bonchev–Trinajstić information content (AvgIpc) is 2.97. The fraction of sp³-hybridized carbons (Fsp3) is 0.933. The highest BCUT2D eigenvalue weighted by molar-refractivity contribution is 5.76. The second-order valence-electron chi connectivity index (χ2n) is 5.81. The third-order valence-corrected chi connectivity index (χ3v) is 4.05. The summed E-state index contributed by atoms with van der Waals surface area (Å²) < 4.78 is 11.0. The molecule has 0 aromatic carbocycles. The van der Waals surface area contributed by atoms with Crippen LogP contribution in [0.1, 0.15) is 38.5 Å². The number of piperidine rings is 1. The van der Waals surface area contributed by atoms with Gasteiger partial charge in [0.15, 0.2) is 0 Å². The number of carbonyl (C=O) groups excluding carboxylic acids is 1. The first-order valence-corrected chi connectivity index (χ1v) is 8.01. The molecule has 0 bridgehead atoms. The minimum atomic E-state index is 0.191. The van der Waals surface area contributed by atoms with Gasteiger partial charge in [-0.1, -0.05) is 0 Å². The smallest absolute Gasteiger partial charge is 0.220 e. The molecule has 2 rings (SSSR count). The molecule has 2 aliphatic heterocycles. The molecule has 2 saturated heterocycles. The van der Waals surface area contributed by atoms with Crippen molar-refractivity contribution in [1.29, 1.82) is 0 Å². The monoisotopic (exact) mass is 284 g/mol. The summed E-state index contributed by atoms with van der Waals surface area (Å²) in [5.41, 5.74) is 0. The molecule has 1 atom stereocenters. The molecule has 0 aliphatic carbocycles. The van der Waals surface area contributed by atoms with Gasteiger partial charge in [-0.15, -0.1) is 0 Å². The second kappa shape index (κ2) is 9.32. The summed E-state index contributed by atoms with van der Waals surface area (Å²) in [4.78, 5) is 11.8. The van der Waals surface area contributed by atoms with E-state index in [9.17, 15) is 4.79 Å². The number of rotatable bonds is 8. The number of carbonyl (C=O) groups is 1. The highest BCUT2D eigenvalue weighted by Gasteiger charge is 2.16. The van der Waals surface area contributed by atoms with Crippen molar-refractivity contribution in [3.63, 3.8) is 0 Å². The Hall–Kier alpha value is -0.650. The van der Waals surface area contributed by atoms with Gasteiger partial charge in [-0.05, 0) is 51.1 Å². The van der Waals surface area contributed by atoms with Gasteiger partial charge in [0.1, 0.15) is 0 Å². The Balaban J connectivity index is 1.40. The lowest BCUT2D eigenvalue weighted by atomic mass is 9.94. The van der Waals surface area contributed by atoms with Crippen LogP contribution in [-0.4, -0.2) is 51.5 Å². The van der Waals surface area contributed by atoms with E-state index in [4.69, 9.17) is 9.47 Å². The fourth-order valence-corrected chi connectivity index (χ4v) is 2.81. The lowest BCUT2D eigenvalue weighted by Crippen LogP contribution is -2.32. The van der Waals surface area contributed by atoms with Gasteiger partial charge in [0.05, 0.1) is 12.7 Å². The molecule has 2 aliphatic rings. The van der Waals surface area contributed by atoms with Gasteiger partial charge in [0.2, 0.25) is 5.91 Å². The molecule has 0 radical (unpaired) electrons. The minimum absolute atomic E-state index is 0.191. The molecule has 116 valence electrons. The molecule has 5 heteroatoms. The third kappa shape index (κ3) is 6.20. The highest BCUT2D eigenvalue weighted by atomic mass is 16.5. The topological polar surface area (TPSA) is 59.6 Å². The van der Waals surface area contributed by atoms with Crippen molar-refractivity contribution in [3.8, 4) is 0 Å². The number of hydrogen-bond donors (Lipinski definition) is 2. The van der Waals surface area contributed by atoms with E-state index in [2.05, 4.69) is 10.6 Å². The van der Waals surface area contributed by atoms with E-state index in [0.717, 1.165) is 58.3 Å². The van der Waals surface area contributed by atoms with E-state index in [1.807, 2.05) is 0 Å². The van der Waals surface area contributed by atoms with E-state index < -0.39 is 0 Å². The van der Waals surface area contributed by atoms with E-state index in [1.165, 1.54) is 0 Å². The van der Waals surface area contributed by atoms with E-state index in [1.54, 1.807) is 0 Å². The van der Waals surface area contributed by atoms with Crippen LogP contribution in [-0.2, 0) is 14.3 Å². The zero-order valence-corrected chi connectivity index (χ0v) is 12.4. The van der Waals surface area contributed by atoms with Crippen LogP contribution in [0.15, 0.2) is 0 Å².